The van der Waals surface area contributed by atoms with Crippen molar-refractivity contribution >= 4 is 0 Å². The van der Waals surface area contributed by atoms with Gasteiger partial charge in [-0.25, -0.2) is 4.39 Å². The first-order valence-electron chi connectivity index (χ1n) is 6.45. The number of aliphatic hydroxyl groups excluding tert-OH is 2. The van der Waals surface area contributed by atoms with E-state index in [4.69, 9.17) is 20.1 Å². The molecule has 0 amide bonds. The van der Waals surface area contributed by atoms with Crippen LogP contribution in [-0.4, -0.2) is 47.5 Å². The van der Waals surface area contributed by atoms with Gasteiger partial charge in [0.2, 0.25) is 0 Å². The van der Waals surface area contributed by atoms with Crippen LogP contribution < -0.4 is 0 Å². The normalized spacial score (nSPS) is 32.4. The maximum atomic E-state index is 14.1. The number of ether oxygens (including phenoxy) is 2. The Hall–Kier alpha value is -1.70. The highest BCUT2D eigenvalue weighted by Gasteiger charge is 2.45. The van der Waals surface area contributed by atoms with E-state index in [1.54, 1.807) is 0 Å². The molecule has 114 valence electrons. The van der Waals surface area contributed by atoms with Crippen molar-refractivity contribution < 1.29 is 24.1 Å². The maximum Gasteiger partial charge on any atom is 0.170 e. The molecule has 1 heterocycles. The largest absolute Gasteiger partial charge is 0.394 e. The minimum Gasteiger partial charge on any atom is -0.394 e. The van der Waals surface area contributed by atoms with E-state index in [0.717, 1.165) is 5.56 Å². The number of hydrogen-bond donors (Lipinski definition) is 2. The van der Waals surface area contributed by atoms with Crippen molar-refractivity contribution in [3.8, 4) is 0 Å². The van der Waals surface area contributed by atoms with E-state index in [-0.39, 0.29) is 6.61 Å². The summed E-state index contributed by atoms with van der Waals surface area (Å²) in [6.07, 6.45) is -5.72. The van der Waals surface area contributed by atoms with Gasteiger partial charge < -0.3 is 19.7 Å². The molecule has 2 rings (SSSR count). The second kappa shape index (κ2) is 7.35. The second-order valence-electron chi connectivity index (χ2n) is 4.65. The third kappa shape index (κ3) is 3.69. The third-order valence-electron chi connectivity index (χ3n) is 3.24. The lowest BCUT2D eigenvalue weighted by molar-refractivity contribution is -0.259. The minimum atomic E-state index is -1.87. The van der Waals surface area contributed by atoms with Crippen LogP contribution in [0.2, 0.25) is 0 Å². The molecule has 0 spiro atoms. The lowest BCUT2D eigenvalue weighted by Crippen LogP contribution is -2.56. The maximum absolute atomic E-state index is 14.1. The number of nitrogens with zero attached hydrogens (tertiary/aromatic N) is 3. The average Bonchev–Trinajstić information content (AvgIpc) is 2.52. The number of rotatable bonds is 5. The van der Waals surface area contributed by atoms with Crippen LogP contribution in [0.25, 0.3) is 10.4 Å². The number of aliphatic hydroxyl groups is 2. The van der Waals surface area contributed by atoms with Crippen LogP contribution in [0.3, 0.4) is 0 Å². The van der Waals surface area contributed by atoms with E-state index in [9.17, 15) is 9.50 Å². The van der Waals surface area contributed by atoms with Crippen molar-refractivity contribution in [3.05, 3.63) is 46.3 Å². The summed E-state index contributed by atoms with van der Waals surface area (Å²) < 4.78 is 24.8. The summed E-state index contributed by atoms with van der Waals surface area (Å²) in [4.78, 5) is 2.55. The molecular formula is C13H16FN3O4. The average molecular weight is 297 g/mol. The Bertz CT molecular complexity index is 497. The number of alkyl halides is 1. The fourth-order valence-electron chi connectivity index (χ4n) is 2.11. The molecule has 1 aliphatic heterocycles. The van der Waals surface area contributed by atoms with E-state index in [0.29, 0.717) is 0 Å². The smallest absolute Gasteiger partial charge is 0.170 e. The standard InChI is InChI=1S/C13H16FN3O4/c14-10-11(16-17-15)13(21-9(6-18)12(10)19)20-7-8-4-2-1-3-5-8/h1-5,9-13,18-19H,6-7H2/t9-,10+,11?,12-,13?/m1/s1. The fraction of sp³-hybridized carbons (Fsp3) is 0.538. The molecule has 0 saturated carbocycles. The third-order valence-corrected chi connectivity index (χ3v) is 3.24. The minimum absolute atomic E-state index is 0.129. The van der Waals surface area contributed by atoms with Crippen LogP contribution >= 0.6 is 0 Å². The van der Waals surface area contributed by atoms with E-state index in [2.05, 4.69) is 10.0 Å². The molecular weight excluding hydrogens is 281 g/mol. The molecule has 5 atom stereocenters. The Morgan fingerprint density at radius 1 is 1.38 bits per heavy atom. The lowest BCUT2D eigenvalue weighted by atomic mass is 9.99. The summed E-state index contributed by atoms with van der Waals surface area (Å²) in [6, 6.07) is 7.82. The van der Waals surface area contributed by atoms with Crippen LogP contribution in [0.15, 0.2) is 35.4 Å². The van der Waals surface area contributed by atoms with Crippen LogP contribution in [0.1, 0.15) is 5.56 Å². The van der Waals surface area contributed by atoms with Crippen LogP contribution in [0.5, 0.6) is 0 Å². The van der Waals surface area contributed by atoms with Gasteiger partial charge >= 0.3 is 0 Å². The van der Waals surface area contributed by atoms with Gasteiger partial charge in [0.1, 0.15) is 24.4 Å². The quantitative estimate of drug-likeness (QED) is 0.485. The summed E-state index contributed by atoms with van der Waals surface area (Å²) in [6.45, 7) is -0.431. The van der Waals surface area contributed by atoms with Gasteiger partial charge in [0.15, 0.2) is 6.29 Å². The van der Waals surface area contributed by atoms with Crippen LogP contribution in [0.4, 0.5) is 4.39 Å². The van der Waals surface area contributed by atoms with Crippen LogP contribution in [0, 0.1) is 0 Å². The number of benzene rings is 1. The highest BCUT2D eigenvalue weighted by atomic mass is 19.1. The molecule has 0 aromatic heterocycles. The topological polar surface area (TPSA) is 108 Å². The molecule has 2 unspecified atom stereocenters. The predicted octanol–water partition coefficient (Wildman–Crippen LogP) is 1.30. The predicted molar refractivity (Wildman–Crippen MR) is 70.8 cm³/mol. The monoisotopic (exact) mass is 297 g/mol. The molecule has 1 aliphatic rings. The number of hydrogen-bond acceptors (Lipinski definition) is 5. The zero-order valence-electron chi connectivity index (χ0n) is 11.1. The first-order chi connectivity index (χ1) is 10.2. The van der Waals surface area contributed by atoms with E-state index in [1.165, 1.54) is 0 Å². The van der Waals surface area contributed by atoms with E-state index < -0.39 is 37.3 Å². The Labute approximate surface area is 120 Å². The van der Waals surface area contributed by atoms with Gasteiger partial charge in [0.05, 0.1) is 13.2 Å². The molecule has 0 aliphatic carbocycles. The van der Waals surface area contributed by atoms with Gasteiger partial charge in [-0.2, -0.15) is 0 Å². The highest BCUT2D eigenvalue weighted by molar-refractivity contribution is 5.13. The summed E-state index contributed by atoms with van der Waals surface area (Å²) in [7, 11) is 0. The number of azide groups is 1. The van der Waals surface area contributed by atoms with Crippen molar-refractivity contribution in [1.29, 1.82) is 0 Å². The summed E-state index contributed by atoms with van der Waals surface area (Å²) in [5, 5.41) is 22.0. The molecule has 0 bridgehead atoms. The van der Waals surface area contributed by atoms with E-state index in [1.807, 2.05) is 30.3 Å². The van der Waals surface area contributed by atoms with Gasteiger partial charge in [-0.15, -0.1) is 0 Å². The van der Waals surface area contributed by atoms with Gasteiger partial charge in [-0.05, 0) is 11.1 Å². The molecule has 21 heavy (non-hydrogen) atoms. The number of halogens is 1. The van der Waals surface area contributed by atoms with Crippen LogP contribution in [-0.2, 0) is 16.1 Å². The molecule has 1 aromatic rings. The van der Waals surface area contributed by atoms with Gasteiger partial charge in [-0.1, -0.05) is 35.4 Å². The lowest BCUT2D eigenvalue weighted by Gasteiger charge is -2.38. The zero-order chi connectivity index (χ0) is 15.2. The second-order valence-corrected chi connectivity index (χ2v) is 4.65. The van der Waals surface area contributed by atoms with Crippen molar-refractivity contribution in [2.45, 2.75) is 37.3 Å². The molecule has 0 radical (unpaired) electrons. The van der Waals surface area contributed by atoms with Crippen molar-refractivity contribution in [2.24, 2.45) is 5.11 Å². The first kappa shape index (κ1) is 15.7. The Morgan fingerprint density at radius 3 is 2.71 bits per heavy atom. The highest BCUT2D eigenvalue weighted by Crippen LogP contribution is 2.27. The Kier molecular flexibility index (Phi) is 5.49. The van der Waals surface area contributed by atoms with E-state index >= 15 is 0 Å². The SMILES string of the molecule is [N-]=[N+]=NC1C(OCc2ccccc2)O[C@H](CO)[C@@H](O)[C@H]1F. The molecule has 1 saturated heterocycles. The molecule has 2 N–H and O–H groups in total. The Balaban J connectivity index is 2.08. The van der Waals surface area contributed by atoms with Gasteiger partial charge in [-0.3, -0.25) is 0 Å². The van der Waals surface area contributed by atoms with Crippen molar-refractivity contribution in [1.82, 2.24) is 0 Å². The van der Waals surface area contributed by atoms with Gasteiger partial charge in [0, 0.05) is 4.91 Å². The molecule has 1 aromatic carbocycles. The first-order valence-corrected chi connectivity index (χ1v) is 6.45. The summed E-state index contributed by atoms with van der Waals surface area (Å²) >= 11 is 0. The zero-order valence-corrected chi connectivity index (χ0v) is 11.1. The van der Waals surface area contributed by atoms with Crippen molar-refractivity contribution in [3.63, 3.8) is 0 Å². The molecule has 7 nitrogen and oxygen atoms in total. The van der Waals surface area contributed by atoms with Gasteiger partial charge in [0.25, 0.3) is 0 Å². The molecule has 1 fully saturated rings. The molecule has 8 heteroatoms. The summed E-state index contributed by atoms with van der Waals surface area (Å²) in [5.74, 6) is 0. The fourth-order valence-corrected chi connectivity index (χ4v) is 2.11. The Morgan fingerprint density at radius 2 is 2.10 bits per heavy atom. The summed E-state index contributed by atoms with van der Waals surface area (Å²) in [5.41, 5.74) is 9.33. The van der Waals surface area contributed by atoms with Crippen molar-refractivity contribution in [2.75, 3.05) is 6.61 Å².